The van der Waals surface area contributed by atoms with Crippen molar-refractivity contribution in [1.29, 1.82) is 0 Å². The summed E-state index contributed by atoms with van der Waals surface area (Å²) in [5, 5.41) is 0. The topological polar surface area (TPSA) is 50.3 Å². The van der Waals surface area contributed by atoms with E-state index in [1.54, 1.807) is 11.1 Å². The van der Waals surface area contributed by atoms with Gasteiger partial charge in [0.05, 0.1) is 6.04 Å². The molecule has 2 aliphatic rings. The summed E-state index contributed by atoms with van der Waals surface area (Å²) in [4.78, 5) is 29.0. The number of aromatic nitrogens is 1. The normalized spacial score (nSPS) is 20.2. The van der Waals surface area contributed by atoms with Gasteiger partial charge < -0.3 is 0 Å². The number of halogens is 1. The fraction of sp³-hybridized carbons (Fsp3) is 0.417. The average molecular weight is 295 g/mol. The molecule has 1 fully saturated rings. The molecule has 1 saturated carbocycles. The van der Waals surface area contributed by atoms with Crippen LogP contribution in [0.5, 0.6) is 0 Å². The zero-order valence-electron chi connectivity index (χ0n) is 9.15. The second-order valence-corrected chi connectivity index (χ2v) is 5.42. The fourth-order valence-corrected chi connectivity index (χ4v) is 2.76. The summed E-state index contributed by atoms with van der Waals surface area (Å²) in [7, 11) is 0. The van der Waals surface area contributed by atoms with Crippen LogP contribution in [0.2, 0.25) is 0 Å². The Morgan fingerprint density at radius 3 is 2.76 bits per heavy atom. The number of rotatable bonds is 1. The standard InChI is InChI=1S/C12H11BrN2O2/c13-8-3-7-1-2-11(17)15(12(7)14-6-8)9-4-10(16)5-9/h3,6,9H,1-2,4-5H2. The third-order valence-corrected chi connectivity index (χ3v) is 3.74. The predicted octanol–water partition coefficient (Wildman–Crippen LogP) is 1.85. The maximum Gasteiger partial charge on any atom is 0.228 e. The van der Waals surface area contributed by atoms with Crippen LogP contribution < -0.4 is 4.90 Å². The van der Waals surface area contributed by atoms with Gasteiger partial charge in [0.25, 0.3) is 0 Å². The maximum absolute atomic E-state index is 11.9. The Kier molecular flexibility index (Phi) is 2.50. The summed E-state index contributed by atoms with van der Waals surface area (Å²) in [6.45, 7) is 0. The number of carbonyl (C=O) groups excluding carboxylic acids is 2. The Morgan fingerprint density at radius 1 is 1.29 bits per heavy atom. The molecule has 2 heterocycles. The van der Waals surface area contributed by atoms with Crippen LogP contribution in [0.4, 0.5) is 5.82 Å². The first kappa shape index (κ1) is 10.9. The van der Waals surface area contributed by atoms with Gasteiger partial charge in [0.2, 0.25) is 5.91 Å². The van der Waals surface area contributed by atoms with Crippen LogP contribution in [0.3, 0.4) is 0 Å². The first-order valence-corrected chi connectivity index (χ1v) is 6.42. The molecule has 1 aromatic heterocycles. The first-order valence-electron chi connectivity index (χ1n) is 5.63. The van der Waals surface area contributed by atoms with Gasteiger partial charge in [-0.2, -0.15) is 0 Å². The molecule has 0 bridgehead atoms. The molecule has 0 radical (unpaired) electrons. The molecule has 0 unspecified atom stereocenters. The number of ketones is 1. The second-order valence-electron chi connectivity index (χ2n) is 4.50. The van der Waals surface area contributed by atoms with Gasteiger partial charge >= 0.3 is 0 Å². The van der Waals surface area contributed by atoms with Gasteiger partial charge in [-0.25, -0.2) is 4.98 Å². The molecule has 1 aromatic rings. The molecule has 5 heteroatoms. The van der Waals surface area contributed by atoms with Gasteiger partial charge in [-0.05, 0) is 34.0 Å². The van der Waals surface area contributed by atoms with Crippen molar-refractivity contribution < 1.29 is 9.59 Å². The van der Waals surface area contributed by atoms with Crippen LogP contribution in [0.25, 0.3) is 0 Å². The molecular weight excluding hydrogens is 284 g/mol. The van der Waals surface area contributed by atoms with Crippen molar-refractivity contribution in [3.05, 3.63) is 22.3 Å². The Hall–Kier alpha value is -1.23. The highest BCUT2D eigenvalue weighted by molar-refractivity contribution is 9.10. The van der Waals surface area contributed by atoms with Gasteiger partial charge in [0, 0.05) is 29.9 Å². The lowest BCUT2D eigenvalue weighted by Gasteiger charge is -2.38. The van der Waals surface area contributed by atoms with E-state index in [0.717, 1.165) is 22.3 Å². The van der Waals surface area contributed by atoms with E-state index in [2.05, 4.69) is 20.9 Å². The molecule has 1 aliphatic heterocycles. The molecule has 3 rings (SSSR count). The molecule has 0 aromatic carbocycles. The van der Waals surface area contributed by atoms with Gasteiger partial charge in [-0.15, -0.1) is 0 Å². The number of nitrogens with zero attached hydrogens (tertiary/aromatic N) is 2. The van der Waals surface area contributed by atoms with E-state index in [0.29, 0.717) is 19.3 Å². The highest BCUT2D eigenvalue weighted by Gasteiger charge is 2.38. The minimum absolute atomic E-state index is 0.0303. The molecule has 0 atom stereocenters. The number of fused-ring (bicyclic) bond motifs is 1. The quantitative estimate of drug-likeness (QED) is 0.794. The summed E-state index contributed by atoms with van der Waals surface area (Å²) in [6, 6.07) is 2.03. The fourth-order valence-electron chi connectivity index (χ4n) is 2.38. The minimum Gasteiger partial charge on any atom is -0.300 e. The van der Waals surface area contributed by atoms with Crippen LogP contribution >= 0.6 is 15.9 Å². The molecule has 88 valence electrons. The van der Waals surface area contributed by atoms with Crippen molar-refractivity contribution >= 4 is 33.4 Å². The van der Waals surface area contributed by atoms with Crippen LogP contribution in [0.1, 0.15) is 24.8 Å². The second kappa shape index (κ2) is 3.91. The number of aryl methyl sites for hydroxylation is 1. The number of amides is 1. The minimum atomic E-state index is 0.0303. The first-order chi connectivity index (χ1) is 8.15. The average Bonchev–Trinajstić information content (AvgIpc) is 2.26. The number of hydrogen-bond acceptors (Lipinski definition) is 3. The van der Waals surface area contributed by atoms with Gasteiger partial charge in [-0.3, -0.25) is 14.5 Å². The zero-order chi connectivity index (χ0) is 12.0. The number of carbonyl (C=O) groups is 2. The van der Waals surface area contributed by atoms with Gasteiger partial charge in [-0.1, -0.05) is 0 Å². The summed E-state index contributed by atoms with van der Waals surface area (Å²) in [5.41, 5.74) is 1.08. The largest absolute Gasteiger partial charge is 0.300 e. The van der Waals surface area contributed by atoms with Crippen molar-refractivity contribution in [2.45, 2.75) is 31.7 Å². The summed E-state index contributed by atoms with van der Waals surface area (Å²) in [6.07, 6.45) is 3.89. The van der Waals surface area contributed by atoms with Crippen molar-refractivity contribution in [3.8, 4) is 0 Å². The monoisotopic (exact) mass is 294 g/mol. The Balaban J connectivity index is 1.98. The number of hydrogen-bond donors (Lipinski definition) is 0. The van der Waals surface area contributed by atoms with Crippen LogP contribution in [-0.2, 0) is 16.0 Å². The number of pyridine rings is 1. The summed E-state index contributed by atoms with van der Waals surface area (Å²) in [5.74, 6) is 1.05. The van der Waals surface area contributed by atoms with E-state index in [1.807, 2.05) is 6.07 Å². The van der Waals surface area contributed by atoms with Gasteiger partial charge in [0.15, 0.2) is 0 Å². The van der Waals surface area contributed by atoms with E-state index >= 15 is 0 Å². The van der Waals surface area contributed by atoms with Crippen molar-refractivity contribution in [2.75, 3.05) is 4.90 Å². The van der Waals surface area contributed by atoms with E-state index in [1.165, 1.54) is 0 Å². The highest BCUT2D eigenvalue weighted by atomic mass is 79.9. The Bertz CT molecular complexity index is 507. The summed E-state index contributed by atoms with van der Waals surface area (Å²) < 4.78 is 0.926. The van der Waals surface area contributed by atoms with Crippen molar-refractivity contribution in [1.82, 2.24) is 4.98 Å². The van der Waals surface area contributed by atoms with Gasteiger partial charge in [0.1, 0.15) is 11.6 Å². The molecule has 0 N–H and O–H groups in total. The zero-order valence-corrected chi connectivity index (χ0v) is 10.7. The summed E-state index contributed by atoms with van der Waals surface area (Å²) >= 11 is 3.38. The molecule has 1 aliphatic carbocycles. The van der Waals surface area contributed by atoms with E-state index < -0.39 is 0 Å². The van der Waals surface area contributed by atoms with E-state index in [4.69, 9.17) is 0 Å². The van der Waals surface area contributed by atoms with E-state index in [-0.39, 0.29) is 17.7 Å². The molecule has 1 amide bonds. The molecule has 4 nitrogen and oxygen atoms in total. The Labute approximate surface area is 107 Å². The SMILES string of the molecule is O=C1CC(N2C(=O)CCc3cc(Br)cnc32)C1. The number of anilines is 1. The third kappa shape index (κ3) is 1.78. The smallest absolute Gasteiger partial charge is 0.228 e. The van der Waals surface area contributed by atoms with Crippen molar-refractivity contribution in [3.63, 3.8) is 0 Å². The van der Waals surface area contributed by atoms with Crippen LogP contribution in [-0.4, -0.2) is 22.7 Å². The van der Waals surface area contributed by atoms with Crippen LogP contribution in [0.15, 0.2) is 16.7 Å². The van der Waals surface area contributed by atoms with Crippen LogP contribution in [0, 0.1) is 0 Å². The van der Waals surface area contributed by atoms with E-state index in [9.17, 15) is 9.59 Å². The third-order valence-electron chi connectivity index (χ3n) is 3.31. The molecular formula is C12H11BrN2O2. The maximum atomic E-state index is 11.9. The Morgan fingerprint density at radius 2 is 2.06 bits per heavy atom. The number of Topliss-reactive ketones (excluding diaryl/α,β-unsaturated/α-hetero) is 1. The lowest BCUT2D eigenvalue weighted by atomic mass is 9.88. The lowest BCUT2D eigenvalue weighted by molar-refractivity contribution is -0.126. The highest BCUT2D eigenvalue weighted by Crippen LogP contribution is 2.34. The predicted molar refractivity (Wildman–Crippen MR) is 65.8 cm³/mol. The van der Waals surface area contributed by atoms with Crippen molar-refractivity contribution in [2.24, 2.45) is 0 Å². The molecule has 0 spiro atoms. The molecule has 17 heavy (non-hydrogen) atoms. The molecule has 0 saturated heterocycles. The lowest BCUT2D eigenvalue weighted by Crippen LogP contribution is -2.50.